The number of phenolic OH excluding ortho intramolecular Hbond substituents is 1. The van der Waals surface area contributed by atoms with Gasteiger partial charge >= 0.3 is 0 Å². The highest BCUT2D eigenvalue weighted by Gasteiger charge is 2.19. The van der Waals surface area contributed by atoms with Gasteiger partial charge in [0.15, 0.2) is 5.96 Å². The summed E-state index contributed by atoms with van der Waals surface area (Å²) in [5.74, 6) is 1.18. The Morgan fingerprint density at radius 1 is 1.21 bits per heavy atom. The zero-order valence-corrected chi connectivity index (χ0v) is 15.1. The van der Waals surface area contributed by atoms with Gasteiger partial charge in [0.2, 0.25) is 0 Å². The summed E-state index contributed by atoms with van der Waals surface area (Å²) in [5, 5.41) is 16.3. The number of benzene rings is 1. The average Bonchev–Trinajstić information content (AvgIpc) is 2.60. The Morgan fingerprint density at radius 3 is 2.54 bits per heavy atom. The number of nitrogens with one attached hydrogen (secondary N) is 2. The highest BCUT2D eigenvalue weighted by Crippen LogP contribution is 2.12. The van der Waals surface area contributed by atoms with Crippen LogP contribution in [0.15, 0.2) is 29.3 Å². The number of phenols is 1. The number of aromatic hydroxyl groups is 1. The van der Waals surface area contributed by atoms with Crippen LogP contribution >= 0.6 is 0 Å². The molecule has 0 bridgehead atoms. The Balaban J connectivity index is 1.82. The second-order valence-corrected chi connectivity index (χ2v) is 6.48. The lowest BCUT2D eigenvalue weighted by molar-refractivity contribution is 0.203. The van der Waals surface area contributed by atoms with Gasteiger partial charge in [-0.15, -0.1) is 0 Å². The monoisotopic (exact) mass is 332 g/mol. The molecule has 0 spiro atoms. The van der Waals surface area contributed by atoms with E-state index in [9.17, 15) is 5.11 Å². The third-order valence-corrected chi connectivity index (χ3v) is 4.46. The van der Waals surface area contributed by atoms with Gasteiger partial charge in [0.25, 0.3) is 0 Å². The molecule has 0 amide bonds. The molecule has 0 unspecified atom stereocenters. The molecule has 1 fully saturated rings. The first-order valence-corrected chi connectivity index (χ1v) is 9.26. The lowest BCUT2D eigenvalue weighted by Gasteiger charge is -2.33. The molecule has 2 rings (SSSR count). The van der Waals surface area contributed by atoms with Crippen LogP contribution in [0, 0.1) is 0 Å². The summed E-state index contributed by atoms with van der Waals surface area (Å²) in [7, 11) is 0. The van der Waals surface area contributed by atoms with E-state index in [-0.39, 0.29) is 0 Å². The second kappa shape index (κ2) is 10.2. The topological polar surface area (TPSA) is 59.9 Å². The van der Waals surface area contributed by atoms with E-state index in [4.69, 9.17) is 0 Å². The number of unbranched alkanes of at least 4 members (excludes halogenated alkanes) is 1. The Kier molecular flexibility index (Phi) is 7.89. The first-order chi connectivity index (χ1) is 11.7. The third-order valence-electron chi connectivity index (χ3n) is 4.46. The Hall–Kier alpha value is -1.75. The molecule has 1 aliphatic heterocycles. The molecule has 1 aromatic carbocycles. The number of rotatable bonds is 7. The molecule has 1 aromatic rings. The molecule has 1 aliphatic rings. The minimum absolute atomic E-state index is 0.294. The summed E-state index contributed by atoms with van der Waals surface area (Å²) >= 11 is 0. The number of likely N-dealkylation sites (tertiary alicyclic amines) is 1. The van der Waals surface area contributed by atoms with Crippen LogP contribution in [0.1, 0.15) is 45.1 Å². The van der Waals surface area contributed by atoms with E-state index in [0.29, 0.717) is 18.3 Å². The first kappa shape index (κ1) is 18.6. The first-order valence-electron chi connectivity index (χ1n) is 9.26. The molecule has 5 nitrogen and oxygen atoms in total. The fourth-order valence-corrected chi connectivity index (χ4v) is 2.97. The maximum absolute atomic E-state index is 9.35. The Labute approximate surface area is 146 Å². The fourth-order valence-electron chi connectivity index (χ4n) is 2.97. The highest BCUT2D eigenvalue weighted by atomic mass is 16.3. The zero-order valence-electron chi connectivity index (χ0n) is 15.1. The number of guanidine groups is 1. The number of hydrogen-bond donors (Lipinski definition) is 3. The molecule has 0 radical (unpaired) electrons. The van der Waals surface area contributed by atoms with Gasteiger partial charge in [-0.1, -0.05) is 25.5 Å². The number of nitrogens with zero attached hydrogens (tertiary/aromatic N) is 2. The number of piperidine rings is 1. The Morgan fingerprint density at radius 2 is 1.92 bits per heavy atom. The van der Waals surface area contributed by atoms with E-state index in [1.807, 2.05) is 12.1 Å². The van der Waals surface area contributed by atoms with Crippen molar-refractivity contribution in [1.29, 1.82) is 0 Å². The van der Waals surface area contributed by atoms with Crippen molar-refractivity contribution in [3.05, 3.63) is 29.8 Å². The minimum atomic E-state index is 0.294. The summed E-state index contributed by atoms with van der Waals surface area (Å²) in [4.78, 5) is 7.25. The molecule has 3 N–H and O–H groups in total. The van der Waals surface area contributed by atoms with Gasteiger partial charge in [0.05, 0.1) is 6.54 Å². The van der Waals surface area contributed by atoms with Crippen molar-refractivity contribution >= 4 is 5.96 Å². The van der Waals surface area contributed by atoms with Crippen LogP contribution in [0.2, 0.25) is 0 Å². The van der Waals surface area contributed by atoms with E-state index in [1.54, 1.807) is 12.1 Å². The lowest BCUT2D eigenvalue weighted by atomic mass is 10.0. The molecular weight excluding hydrogens is 300 g/mol. The molecule has 0 saturated carbocycles. The van der Waals surface area contributed by atoms with Crippen LogP contribution in [-0.2, 0) is 6.54 Å². The molecule has 0 aliphatic carbocycles. The summed E-state index contributed by atoms with van der Waals surface area (Å²) in [5.41, 5.74) is 1.10. The molecule has 0 aromatic heterocycles. The van der Waals surface area contributed by atoms with Gasteiger partial charge in [-0.25, -0.2) is 4.99 Å². The molecule has 24 heavy (non-hydrogen) atoms. The highest BCUT2D eigenvalue weighted by molar-refractivity contribution is 5.80. The fraction of sp³-hybridized carbons (Fsp3) is 0.632. The maximum atomic E-state index is 9.35. The van der Waals surface area contributed by atoms with Crippen LogP contribution in [0.3, 0.4) is 0 Å². The SMILES string of the molecule is CCCCN1CCC(NC(=NCc2ccc(O)cc2)NCC)CC1. The van der Waals surface area contributed by atoms with Gasteiger partial charge in [-0.05, 0) is 50.4 Å². The van der Waals surface area contributed by atoms with Gasteiger partial charge in [-0.3, -0.25) is 0 Å². The molecule has 1 saturated heterocycles. The quantitative estimate of drug-likeness (QED) is 0.531. The predicted molar refractivity (Wildman–Crippen MR) is 100 cm³/mol. The lowest BCUT2D eigenvalue weighted by Crippen LogP contribution is -2.48. The van der Waals surface area contributed by atoms with Crippen molar-refractivity contribution in [1.82, 2.24) is 15.5 Å². The normalized spacial score (nSPS) is 17.0. The molecule has 5 heteroatoms. The van der Waals surface area contributed by atoms with Crippen molar-refractivity contribution < 1.29 is 5.11 Å². The zero-order chi connectivity index (χ0) is 17.2. The minimum Gasteiger partial charge on any atom is -0.508 e. The van der Waals surface area contributed by atoms with Gasteiger partial charge < -0.3 is 20.6 Å². The van der Waals surface area contributed by atoms with Gasteiger partial charge in [0, 0.05) is 25.7 Å². The summed E-state index contributed by atoms with van der Waals surface area (Å²) in [6.07, 6.45) is 4.92. The molecular formula is C19H32N4O. The van der Waals surface area contributed by atoms with E-state index in [2.05, 4.69) is 34.4 Å². The van der Waals surface area contributed by atoms with Crippen molar-refractivity contribution in [2.24, 2.45) is 4.99 Å². The molecule has 0 atom stereocenters. The average molecular weight is 332 g/mol. The number of aliphatic imine (C=N–C) groups is 1. The predicted octanol–water partition coefficient (Wildman–Crippen LogP) is 2.71. The smallest absolute Gasteiger partial charge is 0.191 e. The summed E-state index contributed by atoms with van der Waals surface area (Å²) in [6.45, 7) is 9.40. The number of hydrogen-bond acceptors (Lipinski definition) is 3. The van der Waals surface area contributed by atoms with E-state index in [1.165, 1.54) is 45.3 Å². The van der Waals surface area contributed by atoms with E-state index >= 15 is 0 Å². The van der Waals surface area contributed by atoms with Crippen LogP contribution in [0.25, 0.3) is 0 Å². The van der Waals surface area contributed by atoms with Crippen LogP contribution in [-0.4, -0.2) is 48.2 Å². The van der Waals surface area contributed by atoms with Crippen molar-refractivity contribution in [2.45, 2.75) is 52.1 Å². The molecule has 134 valence electrons. The Bertz CT molecular complexity index is 493. The summed E-state index contributed by atoms with van der Waals surface area (Å²) < 4.78 is 0. The molecule has 1 heterocycles. The third kappa shape index (κ3) is 6.40. The maximum Gasteiger partial charge on any atom is 0.191 e. The van der Waals surface area contributed by atoms with E-state index in [0.717, 1.165) is 18.1 Å². The van der Waals surface area contributed by atoms with Crippen molar-refractivity contribution in [3.63, 3.8) is 0 Å². The van der Waals surface area contributed by atoms with Crippen molar-refractivity contribution in [3.8, 4) is 5.75 Å². The van der Waals surface area contributed by atoms with Crippen molar-refractivity contribution in [2.75, 3.05) is 26.2 Å². The largest absolute Gasteiger partial charge is 0.508 e. The van der Waals surface area contributed by atoms with Gasteiger partial charge in [-0.2, -0.15) is 0 Å². The van der Waals surface area contributed by atoms with Crippen LogP contribution < -0.4 is 10.6 Å². The standard InChI is InChI=1S/C19H32N4O/c1-3-5-12-23-13-10-17(11-14-23)22-19(20-4-2)21-15-16-6-8-18(24)9-7-16/h6-9,17,24H,3-5,10-15H2,1-2H3,(H2,20,21,22). The van der Waals surface area contributed by atoms with Crippen LogP contribution in [0.4, 0.5) is 0 Å². The summed E-state index contributed by atoms with van der Waals surface area (Å²) in [6, 6.07) is 7.73. The second-order valence-electron chi connectivity index (χ2n) is 6.48. The van der Waals surface area contributed by atoms with Crippen LogP contribution in [0.5, 0.6) is 5.75 Å². The van der Waals surface area contributed by atoms with Gasteiger partial charge in [0.1, 0.15) is 5.75 Å². The van der Waals surface area contributed by atoms with E-state index < -0.39 is 0 Å².